The zero-order valence-corrected chi connectivity index (χ0v) is 24.3. The lowest BCUT2D eigenvalue weighted by Crippen LogP contribution is -2.53. The van der Waals surface area contributed by atoms with Crippen LogP contribution >= 0.6 is 0 Å². The van der Waals surface area contributed by atoms with Crippen molar-refractivity contribution >= 4 is 17.6 Å². The second-order valence-corrected chi connectivity index (χ2v) is 11.8. The molecule has 0 saturated carbocycles. The number of rotatable bonds is 7. The van der Waals surface area contributed by atoms with Crippen LogP contribution in [0.25, 0.3) is 0 Å². The van der Waals surface area contributed by atoms with Gasteiger partial charge in [-0.2, -0.15) is 5.10 Å². The molecule has 2 aromatic rings. The molecule has 1 atom stereocenters. The molecular weight excluding hydrogens is 490 g/mol. The Labute approximate surface area is 233 Å². The van der Waals surface area contributed by atoms with Crippen LogP contribution in [0.5, 0.6) is 0 Å². The number of benzene rings is 2. The molecule has 4 rings (SSSR count). The zero-order chi connectivity index (χ0) is 28.2. The molecule has 2 aliphatic rings. The number of amides is 3. The third-order valence-corrected chi connectivity index (χ3v) is 7.35. The van der Waals surface area contributed by atoms with Crippen LogP contribution in [0.2, 0.25) is 0 Å². The van der Waals surface area contributed by atoms with Gasteiger partial charge in [-0.05, 0) is 69.9 Å². The molecule has 0 spiro atoms. The van der Waals surface area contributed by atoms with Crippen LogP contribution in [0.1, 0.15) is 61.1 Å². The lowest BCUT2D eigenvalue weighted by atomic mass is 9.96. The number of carbonyl (C=O) groups is 2. The van der Waals surface area contributed by atoms with Gasteiger partial charge in [0.25, 0.3) is 5.91 Å². The Kier molecular flexibility index (Phi) is 9.08. The zero-order valence-electron chi connectivity index (χ0n) is 24.3. The molecule has 0 aliphatic carbocycles. The van der Waals surface area contributed by atoms with E-state index in [4.69, 9.17) is 9.84 Å². The number of carbonyl (C=O) groups excluding carboxylic acids is 2. The van der Waals surface area contributed by atoms with Crippen molar-refractivity contribution in [2.75, 3.05) is 45.9 Å². The average Bonchev–Trinajstić information content (AvgIpc) is 3.34. The highest BCUT2D eigenvalue weighted by Crippen LogP contribution is 2.33. The number of nitrogens with one attached hydrogen (secondary N) is 1. The minimum atomic E-state index is -0.413. The highest BCUT2D eigenvalue weighted by molar-refractivity contribution is 6.03. The molecule has 39 heavy (non-hydrogen) atoms. The van der Waals surface area contributed by atoms with E-state index < -0.39 is 5.54 Å². The lowest BCUT2D eigenvalue weighted by molar-refractivity contribution is -0.133. The Hall–Kier alpha value is -3.23. The maximum Gasteiger partial charge on any atom is 0.318 e. The van der Waals surface area contributed by atoms with Crippen LogP contribution in [0.3, 0.4) is 0 Å². The Bertz CT molecular complexity index is 1200. The van der Waals surface area contributed by atoms with Crippen LogP contribution in [-0.4, -0.2) is 83.9 Å². The third kappa shape index (κ3) is 7.67. The molecule has 8 heteroatoms. The highest BCUT2D eigenvalue weighted by Gasteiger charge is 2.35. The number of hydrogen-bond donors (Lipinski definition) is 1. The first kappa shape index (κ1) is 28.8. The van der Waals surface area contributed by atoms with E-state index in [1.165, 1.54) is 11.1 Å². The smallest absolute Gasteiger partial charge is 0.318 e. The summed E-state index contributed by atoms with van der Waals surface area (Å²) in [6.45, 7) is 16.2. The SMILES string of the molecule is Cc1ccc([C@@H]2CC(c3ccc(C)c(C)c3)=NN2C(=O)CN(CCN2CCOCC2)C(=O)NC(C)(C)C)cc1. The van der Waals surface area contributed by atoms with Gasteiger partial charge in [-0.25, -0.2) is 9.80 Å². The fourth-order valence-electron chi connectivity index (χ4n) is 4.86. The van der Waals surface area contributed by atoms with Crippen LogP contribution in [-0.2, 0) is 9.53 Å². The summed E-state index contributed by atoms with van der Waals surface area (Å²) in [5.41, 5.74) is 6.12. The topological polar surface area (TPSA) is 77.5 Å². The molecule has 0 radical (unpaired) electrons. The third-order valence-electron chi connectivity index (χ3n) is 7.35. The fourth-order valence-corrected chi connectivity index (χ4v) is 4.86. The maximum absolute atomic E-state index is 13.9. The number of aryl methyl sites for hydroxylation is 3. The summed E-state index contributed by atoms with van der Waals surface area (Å²) in [6, 6.07) is 14.1. The Morgan fingerprint density at radius 3 is 2.36 bits per heavy atom. The Balaban J connectivity index is 1.58. The van der Waals surface area contributed by atoms with Gasteiger partial charge < -0.3 is 15.0 Å². The first-order chi connectivity index (χ1) is 18.5. The van der Waals surface area contributed by atoms with Crippen LogP contribution in [0.15, 0.2) is 47.6 Å². The second-order valence-electron chi connectivity index (χ2n) is 11.8. The van der Waals surface area contributed by atoms with Crippen molar-refractivity contribution in [1.82, 2.24) is 20.1 Å². The quantitative estimate of drug-likeness (QED) is 0.571. The van der Waals surface area contributed by atoms with E-state index in [2.05, 4.69) is 73.5 Å². The maximum atomic E-state index is 13.9. The monoisotopic (exact) mass is 533 g/mol. The van der Waals surface area contributed by atoms with E-state index in [9.17, 15) is 9.59 Å². The Morgan fingerprint density at radius 1 is 1.03 bits per heavy atom. The summed E-state index contributed by atoms with van der Waals surface area (Å²) in [7, 11) is 0. The van der Waals surface area contributed by atoms with Crippen LogP contribution < -0.4 is 5.32 Å². The van der Waals surface area contributed by atoms with Gasteiger partial charge in [-0.3, -0.25) is 9.69 Å². The van der Waals surface area contributed by atoms with Crippen molar-refractivity contribution in [3.63, 3.8) is 0 Å². The van der Waals surface area contributed by atoms with Gasteiger partial charge in [0.1, 0.15) is 6.54 Å². The molecule has 1 N–H and O–H groups in total. The lowest BCUT2D eigenvalue weighted by Gasteiger charge is -2.32. The highest BCUT2D eigenvalue weighted by atomic mass is 16.5. The van der Waals surface area contributed by atoms with Crippen LogP contribution in [0.4, 0.5) is 4.79 Å². The molecule has 0 bridgehead atoms. The second kappa shape index (κ2) is 12.3. The molecule has 2 heterocycles. The van der Waals surface area contributed by atoms with E-state index >= 15 is 0 Å². The normalized spacial score (nSPS) is 18.2. The van der Waals surface area contributed by atoms with Crippen molar-refractivity contribution in [3.05, 3.63) is 70.3 Å². The fraction of sp³-hybridized carbons (Fsp3) is 0.516. The van der Waals surface area contributed by atoms with E-state index in [0.29, 0.717) is 32.7 Å². The summed E-state index contributed by atoms with van der Waals surface area (Å²) >= 11 is 0. The molecule has 0 aromatic heterocycles. The first-order valence-corrected chi connectivity index (χ1v) is 13.9. The summed E-state index contributed by atoms with van der Waals surface area (Å²) in [5.74, 6) is -0.189. The van der Waals surface area contributed by atoms with E-state index in [1.807, 2.05) is 20.8 Å². The van der Waals surface area contributed by atoms with Crippen molar-refractivity contribution in [3.8, 4) is 0 Å². The average molecular weight is 534 g/mol. The summed E-state index contributed by atoms with van der Waals surface area (Å²) in [5, 5.41) is 9.50. The van der Waals surface area contributed by atoms with Gasteiger partial charge in [0.15, 0.2) is 0 Å². The number of urea groups is 1. The summed E-state index contributed by atoms with van der Waals surface area (Å²) in [4.78, 5) is 31.1. The van der Waals surface area contributed by atoms with E-state index in [-0.39, 0.29) is 24.5 Å². The molecular formula is C31H43N5O3. The van der Waals surface area contributed by atoms with Crippen molar-refractivity contribution in [1.29, 1.82) is 0 Å². The van der Waals surface area contributed by atoms with Crippen LogP contribution in [0, 0.1) is 20.8 Å². The van der Waals surface area contributed by atoms with Gasteiger partial charge in [0.05, 0.1) is 25.0 Å². The van der Waals surface area contributed by atoms with Gasteiger partial charge >= 0.3 is 6.03 Å². The minimum absolute atomic E-state index is 0.0433. The molecule has 8 nitrogen and oxygen atoms in total. The largest absolute Gasteiger partial charge is 0.379 e. The number of nitrogens with zero attached hydrogens (tertiary/aromatic N) is 4. The van der Waals surface area contributed by atoms with E-state index in [0.717, 1.165) is 35.5 Å². The molecule has 2 aliphatic heterocycles. The van der Waals surface area contributed by atoms with Crippen molar-refractivity contribution in [2.45, 2.75) is 59.5 Å². The van der Waals surface area contributed by atoms with Gasteiger partial charge in [0.2, 0.25) is 0 Å². The van der Waals surface area contributed by atoms with Gasteiger partial charge in [0, 0.05) is 38.1 Å². The molecule has 3 amide bonds. The number of ether oxygens (including phenoxy) is 1. The summed E-state index contributed by atoms with van der Waals surface area (Å²) < 4.78 is 5.46. The summed E-state index contributed by atoms with van der Waals surface area (Å²) in [6.07, 6.45) is 0.624. The molecule has 1 fully saturated rings. The number of morpholine rings is 1. The molecule has 1 saturated heterocycles. The van der Waals surface area contributed by atoms with Gasteiger partial charge in [-0.15, -0.1) is 0 Å². The standard InChI is InChI=1S/C31H43N5O3/c1-22-7-10-25(11-8-22)28-20-27(26-12-9-23(2)24(3)19-26)33-36(28)29(37)21-35(30(38)32-31(4,5)6)14-13-34-15-17-39-18-16-34/h7-12,19,28H,13-18,20-21H2,1-6H3,(H,32,38)/t28-/m0/s1. The van der Waals surface area contributed by atoms with Crippen molar-refractivity contribution < 1.29 is 14.3 Å². The predicted molar refractivity (Wildman–Crippen MR) is 155 cm³/mol. The minimum Gasteiger partial charge on any atom is -0.379 e. The van der Waals surface area contributed by atoms with Gasteiger partial charge in [-0.1, -0.05) is 42.0 Å². The molecule has 2 aromatic carbocycles. The van der Waals surface area contributed by atoms with E-state index in [1.54, 1.807) is 9.91 Å². The molecule has 210 valence electrons. The predicted octanol–water partition coefficient (Wildman–Crippen LogP) is 4.43. The number of hydrogen-bond acceptors (Lipinski definition) is 5. The van der Waals surface area contributed by atoms with Crippen molar-refractivity contribution in [2.24, 2.45) is 5.10 Å². The number of hydrazone groups is 1. The first-order valence-electron chi connectivity index (χ1n) is 13.9. The Morgan fingerprint density at radius 2 is 1.72 bits per heavy atom. The molecule has 0 unspecified atom stereocenters.